The molecule has 0 saturated carbocycles. The second-order valence-corrected chi connectivity index (χ2v) is 4.18. The van der Waals surface area contributed by atoms with Crippen molar-refractivity contribution in [2.45, 2.75) is 53.0 Å². The van der Waals surface area contributed by atoms with E-state index in [1.807, 2.05) is 13.8 Å². The highest BCUT2D eigenvalue weighted by Gasteiger charge is 2.17. The standard InChI is InChI=1S/C12H21N3O/c1-5-7-10(6-2)13-12(16)11-8(3)14-15-9(11)4/h10H,5-7H2,1-4H3,(H,13,16)(H,14,15). The van der Waals surface area contributed by atoms with Crippen molar-refractivity contribution >= 4 is 5.91 Å². The number of hydrogen-bond acceptors (Lipinski definition) is 2. The Morgan fingerprint density at radius 2 is 2.12 bits per heavy atom. The average Bonchev–Trinajstić information content (AvgIpc) is 2.57. The summed E-state index contributed by atoms with van der Waals surface area (Å²) in [4.78, 5) is 12.0. The fourth-order valence-electron chi connectivity index (χ4n) is 1.87. The van der Waals surface area contributed by atoms with Crippen molar-refractivity contribution in [3.05, 3.63) is 17.0 Å². The average molecular weight is 223 g/mol. The third-order valence-electron chi connectivity index (χ3n) is 2.82. The van der Waals surface area contributed by atoms with Crippen molar-refractivity contribution in [2.24, 2.45) is 0 Å². The summed E-state index contributed by atoms with van der Waals surface area (Å²) >= 11 is 0. The Morgan fingerprint density at radius 1 is 1.44 bits per heavy atom. The zero-order valence-electron chi connectivity index (χ0n) is 10.6. The van der Waals surface area contributed by atoms with Crippen LogP contribution in [0.3, 0.4) is 0 Å². The molecule has 1 amide bonds. The Bertz CT molecular complexity index is 338. The molecule has 0 fully saturated rings. The molecule has 16 heavy (non-hydrogen) atoms. The molecule has 1 unspecified atom stereocenters. The van der Waals surface area contributed by atoms with Crippen LogP contribution in [0.25, 0.3) is 0 Å². The largest absolute Gasteiger partial charge is 0.349 e. The molecule has 2 N–H and O–H groups in total. The van der Waals surface area contributed by atoms with Gasteiger partial charge in [-0.25, -0.2) is 0 Å². The van der Waals surface area contributed by atoms with Gasteiger partial charge in [0, 0.05) is 11.7 Å². The SMILES string of the molecule is CCCC(CC)NC(=O)c1c(C)n[nH]c1C. The van der Waals surface area contributed by atoms with Gasteiger partial charge in [0.2, 0.25) is 0 Å². The molecule has 4 nitrogen and oxygen atoms in total. The highest BCUT2D eigenvalue weighted by Crippen LogP contribution is 2.10. The van der Waals surface area contributed by atoms with Crippen LogP contribution < -0.4 is 5.32 Å². The number of aromatic nitrogens is 2. The molecule has 90 valence electrons. The van der Waals surface area contributed by atoms with Gasteiger partial charge in [-0.3, -0.25) is 9.89 Å². The van der Waals surface area contributed by atoms with Crippen molar-refractivity contribution in [2.75, 3.05) is 0 Å². The third kappa shape index (κ3) is 2.84. The van der Waals surface area contributed by atoms with Gasteiger partial charge in [0.05, 0.1) is 11.3 Å². The molecule has 0 saturated heterocycles. The summed E-state index contributed by atoms with van der Waals surface area (Å²) in [5.41, 5.74) is 2.29. The first-order valence-corrected chi connectivity index (χ1v) is 5.92. The Labute approximate surface area is 96.8 Å². The van der Waals surface area contributed by atoms with E-state index in [2.05, 4.69) is 29.4 Å². The summed E-state index contributed by atoms with van der Waals surface area (Å²) < 4.78 is 0. The van der Waals surface area contributed by atoms with E-state index in [1.165, 1.54) is 0 Å². The highest BCUT2D eigenvalue weighted by molar-refractivity contribution is 5.96. The topological polar surface area (TPSA) is 57.8 Å². The minimum Gasteiger partial charge on any atom is -0.349 e. The maximum absolute atomic E-state index is 12.0. The zero-order valence-corrected chi connectivity index (χ0v) is 10.6. The number of carbonyl (C=O) groups excluding carboxylic acids is 1. The van der Waals surface area contributed by atoms with E-state index in [4.69, 9.17) is 0 Å². The number of nitrogens with one attached hydrogen (secondary N) is 2. The van der Waals surface area contributed by atoms with Gasteiger partial charge >= 0.3 is 0 Å². The Balaban J connectivity index is 2.71. The number of nitrogens with zero attached hydrogens (tertiary/aromatic N) is 1. The second-order valence-electron chi connectivity index (χ2n) is 4.18. The van der Waals surface area contributed by atoms with Crippen LogP contribution in [0, 0.1) is 13.8 Å². The maximum Gasteiger partial charge on any atom is 0.255 e. The summed E-state index contributed by atoms with van der Waals surface area (Å²) in [6.45, 7) is 7.94. The molecule has 0 aliphatic heterocycles. The minimum atomic E-state index is -0.0101. The smallest absolute Gasteiger partial charge is 0.255 e. The lowest BCUT2D eigenvalue weighted by atomic mass is 10.1. The van der Waals surface area contributed by atoms with Crippen molar-refractivity contribution in [1.82, 2.24) is 15.5 Å². The minimum absolute atomic E-state index is 0.0101. The van der Waals surface area contributed by atoms with Crippen LogP contribution in [-0.4, -0.2) is 22.1 Å². The maximum atomic E-state index is 12.0. The molecule has 1 rings (SSSR count). The first-order valence-electron chi connectivity index (χ1n) is 5.92. The fourth-order valence-corrected chi connectivity index (χ4v) is 1.87. The quantitative estimate of drug-likeness (QED) is 0.805. The molecule has 0 aliphatic carbocycles. The molecule has 0 aliphatic rings. The van der Waals surface area contributed by atoms with E-state index in [-0.39, 0.29) is 11.9 Å². The number of aryl methyl sites for hydroxylation is 2. The number of rotatable bonds is 5. The van der Waals surface area contributed by atoms with Crippen molar-refractivity contribution in [3.63, 3.8) is 0 Å². The molecule has 0 aromatic carbocycles. The van der Waals surface area contributed by atoms with Crippen LogP contribution in [0.4, 0.5) is 0 Å². The second kappa shape index (κ2) is 5.68. The molecule has 0 bridgehead atoms. The lowest BCUT2D eigenvalue weighted by Crippen LogP contribution is -2.34. The first kappa shape index (κ1) is 12.7. The van der Waals surface area contributed by atoms with Gasteiger partial charge in [-0.15, -0.1) is 0 Å². The molecule has 0 spiro atoms. The van der Waals surface area contributed by atoms with Crippen LogP contribution in [0.5, 0.6) is 0 Å². The lowest BCUT2D eigenvalue weighted by Gasteiger charge is -2.15. The molecule has 1 aromatic rings. The third-order valence-corrected chi connectivity index (χ3v) is 2.82. The first-order chi connectivity index (χ1) is 7.60. The summed E-state index contributed by atoms with van der Waals surface area (Å²) in [6, 6.07) is 0.270. The summed E-state index contributed by atoms with van der Waals surface area (Å²) in [6.07, 6.45) is 3.08. The molecular formula is C12H21N3O. The summed E-state index contributed by atoms with van der Waals surface area (Å²) in [7, 11) is 0. The Kier molecular flexibility index (Phi) is 4.52. The highest BCUT2D eigenvalue weighted by atomic mass is 16.1. The summed E-state index contributed by atoms with van der Waals surface area (Å²) in [5, 5.41) is 9.91. The van der Waals surface area contributed by atoms with Gasteiger partial charge in [-0.2, -0.15) is 5.10 Å². The monoisotopic (exact) mass is 223 g/mol. The van der Waals surface area contributed by atoms with E-state index in [9.17, 15) is 4.79 Å². The van der Waals surface area contributed by atoms with Crippen LogP contribution >= 0.6 is 0 Å². The number of amides is 1. The number of H-pyrrole nitrogens is 1. The number of aromatic amines is 1. The number of carbonyl (C=O) groups is 1. The zero-order chi connectivity index (χ0) is 12.1. The van der Waals surface area contributed by atoms with E-state index in [0.717, 1.165) is 30.7 Å². The van der Waals surface area contributed by atoms with E-state index < -0.39 is 0 Å². The van der Waals surface area contributed by atoms with E-state index in [0.29, 0.717) is 5.56 Å². The van der Waals surface area contributed by atoms with Gasteiger partial charge in [0.15, 0.2) is 0 Å². The van der Waals surface area contributed by atoms with Crippen molar-refractivity contribution < 1.29 is 4.79 Å². The fraction of sp³-hybridized carbons (Fsp3) is 0.667. The van der Waals surface area contributed by atoms with Crippen LogP contribution in [-0.2, 0) is 0 Å². The number of hydrogen-bond donors (Lipinski definition) is 2. The van der Waals surface area contributed by atoms with Crippen LogP contribution in [0.15, 0.2) is 0 Å². The van der Waals surface area contributed by atoms with E-state index >= 15 is 0 Å². The molecule has 1 heterocycles. The molecular weight excluding hydrogens is 202 g/mol. The Hall–Kier alpha value is -1.32. The van der Waals surface area contributed by atoms with Gasteiger partial charge in [0.1, 0.15) is 0 Å². The Morgan fingerprint density at radius 3 is 2.56 bits per heavy atom. The van der Waals surface area contributed by atoms with Crippen molar-refractivity contribution in [1.29, 1.82) is 0 Å². The van der Waals surface area contributed by atoms with E-state index in [1.54, 1.807) is 0 Å². The van der Waals surface area contributed by atoms with Gasteiger partial charge in [0.25, 0.3) is 5.91 Å². The molecule has 0 radical (unpaired) electrons. The predicted molar refractivity (Wildman–Crippen MR) is 64.5 cm³/mol. The van der Waals surface area contributed by atoms with Crippen molar-refractivity contribution in [3.8, 4) is 0 Å². The van der Waals surface area contributed by atoms with Gasteiger partial charge in [-0.05, 0) is 26.7 Å². The van der Waals surface area contributed by atoms with Crippen LogP contribution in [0.1, 0.15) is 54.9 Å². The lowest BCUT2D eigenvalue weighted by molar-refractivity contribution is 0.0932. The normalized spacial score (nSPS) is 12.5. The molecule has 1 atom stereocenters. The molecule has 1 aromatic heterocycles. The van der Waals surface area contributed by atoms with Gasteiger partial charge in [-0.1, -0.05) is 20.3 Å². The molecule has 4 heteroatoms. The predicted octanol–water partition coefficient (Wildman–Crippen LogP) is 2.34. The van der Waals surface area contributed by atoms with Gasteiger partial charge < -0.3 is 5.32 Å². The van der Waals surface area contributed by atoms with Crippen LogP contribution in [0.2, 0.25) is 0 Å². The summed E-state index contributed by atoms with van der Waals surface area (Å²) in [5.74, 6) is -0.0101.